The first kappa shape index (κ1) is 17.2. The van der Waals surface area contributed by atoms with Crippen LogP contribution in [0.3, 0.4) is 0 Å². The van der Waals surface area contributed by atoms with E-state index in [1.54, 1.807) is 13.1 Å². The molecule has 1 aliphatic heterocycles. The number of nitrogens with zero attached hydrogens (tertiary/aromatic N) is 3. The molecule has 1 unspecified atom stereocenters. The third kappa shape index (κ3) is 3.75. The van der Waals surface area contributed by atoms with E-state index in [-0.39, 0.29) is 22.9 Å². The summed E-state index contributed by atoms with van der Waals surface area (Å²) in [5, 5.41) is 2.74. The van der Waals surface area contributed by atoms with Crippen molar-refractivity contribution >= 4 is 5.91 Å². The van der Waals surface area contributed by atoms with E-state index in [1.165, 1.54) is 21.4 Å². The van der Waals surface area contributed by atoms with Crippen LogP contribution in [0.2, 0.25) is 0 Å². The van der Waals surface area contributed by atoms with E-state index in [4.69, 9.17) is 0 Å². The Morgan fingerprint density at radius 1 is 1.44 bits per heavy atom. The van der Waals surface area contributed by atoms with E-state index in [2.05, 4.69) is 10.3 Å². The van der Waals surface area contributed by atoms with Gasteiger partial charge in [0.05, 0.1) is 0 Å². The maximum Gasteiger partial charge on any atom is 0.434 e. The minimum absolute atomic E-state index is 0.0123. The van der Waals surface area contributed by atoms with Gasteiger partial charge < -0.3 is 14.5 Å². The summed E-state index contributed by atoms with van der Waals surface area (Å²) in [5.74, 6) is 0.0600. The highest BCUT2D eigenvalue weighted by molar-refractivity contribution is 5.93. The topological polar surface area (TPSA) is 68.9 Å². The summed E-state index contributed by atoms with van der Waals surface area (Å²) in [4.78, 5) is 27.3. The fraction of sp³-hybridized carbons (Fsp3) is 0.438. The van der Waals surface area contributed by atoms with Gasteiger partial charge in [-0.3, -0.25) is 9.59 Å². The Morgan fingerprint density at radius 3 is 2.88 bits per heavy atom. The second-order valence-electron chi connectivity index (χ2n) is 6.17. The number of rotatable bonds is 3. The van der Waals surface area contributed by atoms with Crippen LogP contribution in [0, 0.1) is 5.92 Å². The number of aromatic nitrogens is 3. The quantitative estimate of drug-likeness (QED) is 0.910. The standard InChI is InChI=1S/C16H17F3N4O2/c1-22-5-4-11(6-14(22)24)15(25)20-7-10-2-3-13-21-12(16(17,18)19)9-23(13)8-10/h4-6,9-10H,2-3,7-8H2,1H3,(H,20,25). The SMILES string of the molecule is Cn1ccc(C(=O)NCC2CCc3nc(C(F)(F)F)cn3C2)cc1=O. The number of pyridine rings is 1. The number of aryl methyl sites for hydroxylation is 2. The van der Waals surface area contributed by atoms with Crippen molar-refractivity contribution in [3.8, 4) is 0 Å². The van der Waals surface area contributed by atoms with Gasteiger partial charge in [-0.25, -0.2) is 4.98 Å². The van der Waals surface area contributed by atoms with E-state index in [1.807, 2.05) is 0 Å². The van der Waals surface area contributed by atoms with Gasteiger partial charge in [-0.1, -0.05) is 0 Å². The largest absolute Gasteiger partial charge is 0.434 e. The molecule has 2 aromatic rings. The molecule has 0 aliphatic carbocycles. The minimum Gasteiger partial charge on any atom is -0.352 e. The Balaban J connectivity index is 1.61. The van der Waals surface area contributed by atoms with Crippen molar-refractivity contribution in [2.75, 3.05) is 6.54 Å². The van der Waals surface area contributed by atoms with Gasteiger partial charge in [0.2, 0.25) is 0 Å². The Morgan fingerprint density at radius 2 is 2.20 bits per heavy atom. The monoisotopic (exact) mass is 354 g/mol. The zero-order chi connectivity index (χ0) is 18.2. The third-order valence-electron chi connectivity index (χ3n) is 4.30. The fourth-order valence-electron chi connectivity index (χ4n) is 2.85. The number of carbonyl (C=O) groups excluding carboxylic acids is 1. The summed E-state index contributed by atoms with van der Waals surface area (Å²) in [7, 11) is 1.59. The van der Waals surface area contributed by atoms with Crippen LogP contribution in [0.1, 0.15) is 28.3 Å². The molecular weight excluding hydrogens is 337 g/mol. The molecule has 1 amide bonds. The van der Waals surface area contributed by atoms with Crippen LogP contribution >= 0.6 is 0 Å². The summed E-state index contributed by atoms with van der Waals surface area (Å²) < 4.78 is 41.0. The second-order valence-corrected chi connectivity index (χ2v) is 6.17. The number of fused-ring (bicyclic) bond motifs is 1. The highest BCUT2D eigenvalue weighted by Crippen LogP contribution is 2.30. The number of amides is 1. The Hall–Kier alpha value is -2.58. The van der Waals surface area contributed by atoms with Crippen molar-refractivity contribution in [3.05, 3.63) is 52.0 Å². The van der Waals surface area contributed by atoms with Gasteiger partial charge in [0, 0.05) is 50.6 Å². The zero-order valence-electron chi connectivity index (χ0n) is 13.5. The van der Waals surface area contributed by atoms with Gasteiger partial charge in [0.1, 0.15) is 5.82 Å². The average molecular weight is 354 g/mol. The lowest BCUT2D eigenvalue weighted by atomic mass is 9.99. The first-order chi connectivity index (χ1) is 11.7. The van der Waals surface area contributed by atoms with Gasteiger partial charge in [-0.05, 0) is 18.4 Å². The fourth-order valence-corrected chi connectivity index (χ4v) is 2.85. The van der Waals surface area contributed by atoms with Crippen LogP contribution in [0.5, 0.6) is 0 Å². The van der Waals surface area contributed by atoms with E-state index in [0.717, 1.165) is 6.20 Å². The van der Waals surface area contributed by atoms with Crippen molar-refractivity contribution < 1.29 is 18.0 Å². The van der Waals surface area contributed by atoms with Crippen molar-refractivity contribution in [1.82, 2.24) is 19.4 Å². The lowest BCUT2D eigenvalue weighted by Gasteiger charge is -2.23. The highest BCUT2D eigenvalue weighted by Gasteiger charge is 2.35. The van der Waals surface area contributed by atoms with Crippen LogP contribution in [-0.2, 0) is 26.2 Å². The first-order valence-electron chi connectivity index (χ1n) is 7.82. The zero-order valence-corrected chi connectivity index (χ0v) is 13.5. The Labute approximate surface area is 141 Å². The van der Waals surface area contributed by atoms with Crippen LogP contribution in [-0.4, -0.2) is 26.6 Å². The molecule has 0 bridgehead atoms. The third-order valence-corrected chi connectivity index (χ3v) is 4.30. The van der Waals surface area contributed by atoms with Gasteiger partial charge in [-0.15, -0.1) is 0 Å². The number of hydrogen-bond acceptors (Lipinski definition) is 3. The Bertz CT molecular complexity index is 854. The van der Waals surface area contributed by atoms with E-state index in [9.17, 15) is 22.8 Å². The minimum atomic E-state index is -4.45. The molecule has 6 nitrogen and oxygen atoms in total. The van der Waals surface area contributed by atoms with Crippen molar-refractivity contribution in [2.24, 2.45) is 13.0 Å². The molecule has 3 rings (SSSR count). The molecule has 1 N–H and O–H groups in total. The Kier molecular flexibility index (Phi) is 4.40. The molecule has 0 aromatic carbocycles. The van der Waals surface area contributed by atoms with Gasteiger partial charge in [0.25, 0.3) is 11.5 Å². The molecule has 9 heteroatoms. The molecule has 134 valence electrons. The molecule has 1 aliphatic rings. The van der Waals surface area contributed by atoms with Crippen molar-refractivity contribution in [1.29, 1.82) is 0 Å². The van der Waals surface area contributed by atoms with Crippen LogP contribution in [0.25, 0.3) is 0 Å². The average Bonchev–Trinajstić information content (AvgIpc) is 2.98. The summed E-state index contributed by atoms with van der Waals surface area (Å²) in [6, 6.07) is 2.79. The van der Waals surface area contributed by atoms with Crippen LogP contribution in [0.15, 0.2) is 29.3 Å². The number of carbonyl (C=O) groups is 1. The molecule has 0 spiro atoms. The second kappa shape index (κ2) is 6.38. The number of imidazole rings is 1. The van der Waals surface area contributed by atoms with E-state index >= 15 is 0 Å². The number of alkyl halides is 3. The smallest absolute Gasteiger partial charge is 0.352 e. The van der Waals surface area contributed by atoms with E-state index in [0.29, 0.717) is 31.8 Å². The molecule has 0 fully saturated rings. The lowest BCUT2D eigenvalue weighted by molar-refractivity contribution is -0.141. The van der Waals surface area contributed by atoms with E-state index < -0.39 is 11.9 Å². The molecule has 0 saturated carbocycles. The summed E-state index contributed by atoms with van der Waals surface area (Å²) >= 11 is 0. The number of hydrogen-bond donors (Lipinski definition) is 1. The maximum absolute atomic E-state index is 12.7. The van der Waals surface area contributed by atoms with Gasteiger partial charge >= 0.3 is 6.18 Å². The number of halogens is 3. The molecule has 3 heterocycles. The molecule has 2 aromatic heterocycles. The normalized spacial score (nSPS) is 17.2. The molecule has 1 atom stereocenters. The number of nitrogens with one attached hydrogen (secondary N) is 1. The van der Waals surface area contributed by atoms with Crippen LogP contribution < -0.4 is 10.9 Å². The molecule has 0 saturated heterocycles. The lowest BCUT2D eigenvalue weighted by Crippen LogP contribution is -2.34. The first-order valence-corrected chi connectivity index (χ1v) is 7.82. The van der Waals surface area contributed by atoms with Crippen molar-refractivity contribution in [2.45, 2.75) is 25.6 Å². The van der Waals surface area contributed by atoms with Crippen molar-refractivity contribution in [3.63, 3.8) is 0 Å². The summed E-state index contributed by atoms with van der Waals surface area (Å²) in [6.45, 7) is 0.697. The maximum atomic E-state index is 12.7. The predicted molar refractivity (Wildman–Crippen MR) is 83.1 cm³/mol. The highest BCUT2D eigenvalue weighted by atomic mass is 19.4. The van der Waals surface area contributed by atoms with Gasteiger partial charge in [0.15, 0.2) is 5.69 Å². The molecule has 25 heavy (non-hydrogen) atoms. The van der Waals surface area contributed by atoms with Crippen LogP contribution in [0.4, 0.5) is 13.2 Å². The summed E-state index contributed by atoms with van der Waals surface area (Å²) in [5.41, 5.74) is -0.901. The molecular formula is C16H17F3N4O2. The van der Waals surface area contributed by atoms with Gasteiger partial charge in [-0.2, -0.15) is 13.2 Å². The summed E-state index contributed by atoms with van der Waals surface area (Å²) in [6.07, 6.45) is -0.848. The predicted octanol–water partition coefficient (Wildman–Crippen LogP) is 1.59. The molecule has 0 radical (unpaired) electrons.